The van der Waals surface area contributed by atoms with Gasteiger partial charge in [0.1, 0.15) is 29.7 Å². The third kappa shape index (κ3) is 6.36. The highest BCUT2D eigenvalue weighted by Gasteiger charge is 2.21. The lowest BCUT2D eigenvalue weighted by atomic mass is 10.1. The highest BCUT2D eigenvalue weighted by Crippen LogP contribution is 2.27. The largest absolute Gasteiger partial charge is 0.495 e. The highest BCUT2D eigenvalue weighted by molar-refractivity contribution is 7.71. The van der Waals surface area contributed by atoms with E-state index in [9.17, 15) is 14.3 Å². The normalized spacial score (nSPS) is 10.8. The van der Waals surface area contributed by atoms with Gasteiger partial charge in [0, 0.05) is 13.1 Å². The Balaban J connectivity index is 1.60. The van der Waals surface area contributed by atoms with Gasteiger partial charge < -0.3 is 30.2 Å². The maximum Gasteiger partial charge on any atom is 0.231 e. The number of amides is 1. The van der Waals surface area contributed by atoms with Crippen LogP contribution >= 0.6 is 12.2 Å². The second kappa shape index (κ2) is 12.3. The lowest BCUT2D eigenvalue weighted by molar-refractivity contribution is -0.115. The first-order chi connectivity index (χ1) is 18.4. The molecule has 4 aromatic rings. The fourth-order valence-corrected chi connectivity index (χ4v) is 4.28. The number of ether oxygens (including phenoxy) is 2. The molecule has 0 saturated heterocycles. The molecule has 0 aliphatic carbocycles. The molecule has 38 heavy (non-hydrogen) atoms. The number of aromatic nitrogens is 3. The van der Waals surface area contributed by atoms with E-state index in [4.69, 9.17) is 27.4 Å². The zero-order valence-corrected chi connectivity index (χ0v) is 21.6. The zero-order chi connectivity index (χ0) is 27.1. The number of nitrogens with one attached hydrogen (secondary N) is 1. The monoisotopic (exact) mass is 537 g/mol. The maximum absolute atomic E-state index is 13.5. The van der Waals surface area contributed by atoms with Gasteiger partial charge in [-0.2, -0.15) is 0 Å². The maximum atomic E-state index is 13.5. The number of aryl methyl sites for hydroxylation is 1. The Hall–Kier alpha value is -4.22. The first kappa shape index (κ1) is 26.8. The molecule has 0 radical (unpaired) electrons. The van der Waals surface area contributed by atoms with Crippen LogP contribution in [0.2, 0.25) is 0 Å². The van der Waals surface area contributed by atoms with Crippen LogP contribution < -0.4 is 20.5 Å². The third-order valence-electron chi connectivity index (χ3n) is 5.80. The molecule has 0 aliphatic heterocycles. The van der Waals surface area contributed by atoms with E-state index in [1.807, 2.05) is 24.3 Å². The van der Waals surface area contributed by atoms with Gasteiger partial charge in [-0.05, 0) is 72.7 Å². The number of rotatable bonds is 11. The summed E-state index contributed by atoms with van der Waals surface area (Å²) in [6.07, 6.45) is 1.90. The van der Waals surface area contributed by atoms with Crippen molar-refractivity contribution < 1.29 is 23.8 Å². The van der Waals surface area contributed by atoms with Gasteiger partial charge >= 0.3 is 0 Å². The molecule has 0 unspecified atom stereocenters. The number of hydrogen-bond donors (Lipinski definition) is 3. The minimum absolute atomic E-state index is 0.163. The topological polar surface area (TPSA) is 117 Å². The molecule has 9 nitrogen and oxygen atoms in total. The Morgan fingerprint density at radius 3 is 2.45 bits per heavy atom. The van der Waals surface area contributed by atoms with Crippen molar-refractivity contribution in [3.63, 3.8) is 0 Å². The highest BCUT2D eigenvalue weighted by atomic mass is 32.1. The summed E-state index contributed by atoms with van der Waals surface area (Å²) in [6.45, 7) is 1.26. The van der Waals surface area contributed by atoms with E-state index in [-0.39, 0.29) is 23.0 Å². The van der Waals surface area contributed by atoms with Gasteiger partial charge in [-0.25, -0.2) is 9.37 Å². The number of hydrogen-bond acceptors (Lipinski definition) is 7. The summed E-state index contributed by atoms with van der Waals surface area (Å²) in [7, 11) is 1.53. The van der Waals surface area contributed by atoms with E-state index < -0.39 is 5.82 Å². The predicted octanol–water partition coefficient (Wildman–Crippen LogP) is 4.02. The third-order valence-corrected chi connectivity index (χ3v) is 6.21. The van der Waals surface area contributed by atoms with Crippen molar-refractivity contribution in [2.75, 3.05) is 25.6 Å². The Morgan fingerprint density at radius 2 is 1.82 bits per heavy atom. The summed E-state index contributed by atoms with van der Waals surface area (Å²) in [5.74, 6) is 0.634. The molecule has 0 saturated carbocycles. The van der Waals surface area contributed by atoms with Crippen LogP contribution in [-0.4, -0.2) is 45.4 Å². The van der Waals surface area contributed by atoms with Crippen LogP contribution in [0.25, 0.3) is 5.69 Å². The van der Waals surface area contributed by atoms with E-state index in [2.05, 4.69) is 10.3 Å². The minimum atomic E-state index is -0.412. The van der Waals surface area contributed by atoms with E-state index >= 15 is 0 Å². The number of aromatic hydroxyl groups is 1. The Morgan fingerprint density at radius 1 is 1.11 bits per heavy atom. The first-order valence-corrected chi connectivity index (χ1v) is 12.3. The van der Waals surface area contributed by atoms with Crippen molar-refractivity contribution >= 4 is 23.9 Å². The van der Waals surface area contributed by atoms with Gasteiger partial charge in [0.05, 0.1) is 31.1 Å². The molecule has 0 atom stereocenters. The molecule has 0 spiro atoms. The zero-order valence-electron chi connectivity index (χ0n) is 20.8. The number of halogens is 1. The molecule has 0 bridgehead atoms. The second-order valence-electron chi connectivity index (χ2n) is 8.36. The number of carbonyl (C=O) groups is 1. The number of anilines is 1. The molecule has 2 aromatic carbocycles. The van der Waals surface area contributed by atoms with Crippen LogP contribution in [0.1, 0.15) is 11.3 Å². The second-order valence-corrected chi connectivity index (χ2v) is 8.72. The fourth-order valence-electron chi connectivity index (χ4n) is 3.89. The lowest BCUT2D eigenvalue weighted by Gasteiger charge is -2.10. The van der Waals surface area contributed by atoms with Crippen LogP contribution in [0.3, 0.4) is 0 Å². The number of carbonyl (C=O) groups excluding carboxylic acids is 1. The van der Waals surface area contributed by atoms with Crippen LogP contribution in [0.4, 0.5) is 10.2 Å². The van der Waals surface area contributed by atoms with Crippen LogP contribution in [0.5, 0.6) is 17.4 Å². The fraction of sp³-hybridized carbons (Fsp3) is 0.222. The molecule has 2 aromatic heterocycles. The van der Waals surface area contributed by atoms with Gasteiger partial charge in [-0.1, -0.05) is 12.1 Å². The molecule has 2 heterocycles. The lowest BCUT2D eigenvalue weighted by Crippen LogP contribution is -2.18. The molecule has 11 heteroatoms. The number of pyridine rings is 1. The van der Waals surface area contributed by atoms with Crippen LogP contribution in [0.15, 0.2) is 66.9 Å². The van der Waals surface area contributed by atoms with Gasteiger partial charge in [0.25, 0.3) is 0 Å². The Bertz CT molecular complexity index is 1430. The molecule has 4 rings (SSSR count). The summed E-state index contributed by atoms with van der Waals surface area (Å²) in [5, 5.41) is 13.9. The quantitative estimate of drug-likeness (QED) is 0.248. The van der Waals surface area contributed by atoms with Crippen molar-refractivity contribution in [1.29, 1.82) is 0 Å². The average molecular weight is 538 g/mol. The summed E-state index contributed by atoms with van der Waals surface area (Å²) in [6, 6.07) is 16.5. The molecular weight excluding hydrogens is 509 g/mol. The average Bonchev–Trinajstić information content (AvgIpc) is 3.16. The number of nitrogens with zero attached hydrogens (tertiary/aromatic N) is 3. The molecular formula is C27H28FN5O4S. The molecule has 1 amide bonds. The number of nitrogens with two attached hydrogens (primary N) is 1. The standard InChI is InChI=1S/C27H28FN5O4S/c1-36-22-10-11-24(30-17-22)31-25(34)16-23-26(35)33(20-6-4-19(28)5-7-20)27(38)32(23)14-12-18-2-8-21(9-3-18)37-15-13-29/h2-11,17,35H,12-16,29H2,1H3,(H,30,31,34). The van der Waals surface area contributed by atoms with Gasteiger partial charge in [0.2, 0.25) is 11.8 Å². The molecule has 0 aliphatic rings. The Labute approximate surface area is 224 Å². The van der Waals surface area contributed by atoms with Gasteiger partial charge in [-0.3, -0.25) is 9.36 Å². The Kier molecular flexibility index (Phi) is 8.72. The van der Waals surface area contributed by atoms with Crippen molar-refractivity contribution in [2.24, 2.45) is 5.73 Å². The van der Waals surface area contributed by atoms with E-state index in [1.54, 1.807) is 16.7 Å². The van der Waals surface area contributed by atoms with Gasteiger partial charge in [0.15, 0.2) is 4.77 Å². The van der Waals surface area contributed by atoms with Crippen LogP contribution in [0, 0.1) is 10.6 Å². The molecule has 4 N–H and O–H groups in total. The van der Waals surface area contributed by atoms with E-state index in [0.717, 1.165) is 11.3 Å². The van der Waals surface area contributed by atoms with Crippen LogP contribution in [-0.2, 0) is 24.2 Å². The van der Waals surface area contributed by atoms with Crippen molar-refractivity contribution in [1.82, 2.24) is 14.1 Å². The molecule has 0 fully saturated rings. The minimum Gasteiger partial charge on any atom is -0.495 e. The summed E-state index contributed by atoms with van der Waals surface area (Å²) in [4.78, 5) is 17.1. The summed E-state index contributed by atoms with van der Waals surface area (Å²) >= 11 is 5.69. The number of benzene rings is 2. The van der Waals surface area contributed by atoms with Gasteiger partial charge in [-0.15, -0.1) is 0 Å². The molecule has 198 valence electrons. The SMILES string of the molecule is COc1ccc(NC(=O)Cc2c(O)n(-c3ccc(F)cc3)c(=S)n2CCc2ccc(OCCN)cc2)nc1. The smallest absolute Gasteiger partial charge is 0.231 e. The number of imidazole rings is 1. The first-order valence-electron chi connectivity index (χ1n) is 11.9. The number of methoxy groups -OCH3 is 1. The summed E-state index contributed by atoms with van der Waals surface area (Å²) < 4.78 is 27.6. The summed E-state index contributed by atoms with van der Waals surface area (Å²) in [5.41, 5.74) is 7.30. The predicted molar refractivity (Wildman–Crippen MR) is 144 cm³/mol. The van der Waals surface area contributed by atoms with Crippen molar-refractivity contribution in [3.8, 4) is 23.1 Å². The van der Waals surface area contributed by atoms with Crippen molar-refractivity contribution in [2.45, 2.75) is 19.4 Å². The van der Waals surface area contributed by atoms with E-state index in [0.29, 0.717) is 49.1 Å². The van der Waals surface area contributed by atoms with Crippen molar-refractivity contribution in [3.05, 3.63) is 88.7 Å². The van der Waals surface area contributed by atoms with E-state index in [1.165, 1.54) is 42.1 Å².